The second-order valence-corrected chi connectivity index (χ2v) is 7.36. The Hall–Kier alpha value is 0.940. The van der Waals surface area contributed by atoms with Crippen LogP contribution in [0, 0.1) is 17.3 Å². The van der Waals surface area contributed by atoms with Crippen LogP contribution in [-0.4, -0.2) is 11.9 Å². The van der Waals surface area contributed by atoms with Gasteiger partial charge < -0.3 is 19.8 Å². The van der Waals surface area contributed by atoms with Crippen LogP contribution < -0.4 is 69.3 Å². The molecule has 0 spiro atoms. The summed E-state index contributed by atoms with van der Waals surface area (Å²) in [5, 5.41) is 23.3. The van der Waals surface area contributed by atoms with Crippen molar-refractivity contribution < 1.29 is 78.9 Å². The number of carbonyl (C=O) groups excluding carboxylic acids is 2. The van der Waals surface area contributed by atoms with Gasteiger partial charge in [-0.3, -0.25) is 0 Å². The molecule has 0 saturated carbocycles. The van der Waals surface area contributed by atoms with Crippen molar-refractivity contribution in [2.75, 3.05) is 0 Å². The first kappa shape index (κ1) is 31.6. The maximum atomic E-state index is 12.0. The second kappa shape index (κ2) is 18.0. The van der Waals surface area contributed by atoms with E-state index in [1.54, 1.807) is 0 Å². The van der Waals surface area contributed by atoms with Crippen molar-refractivity contribution >= 4 is 11.9 Å². The van der Waals surface area contributed by atoms with Gasteiger partial charge in [-0.05, 0) is 31.1 Å². The molecule has 0 saturated heterocycles. The molecule has 0 amide bonds. The summed E-state index contributed by atoms with van der Waals surface area (Å²) >= 11 is 0. The van der Waals surface area contributed by atoms with Crippen LogP contribution in [0.2, 0.25) is 0 Å². The molecule has 0 fully saturated rings. The van der Waals surface area contributed by atoms with Gasteiger partial charge in [0.2, 0.25) is 0 Å². The standard InChI is InChI=1S/C20H38O4.2Na/c1-5-9-11-16(7-3)13-20(19(23)24,15-18(21)22)14-17(8-4)12-10-6-2;;/h16-17H,5-15H2,1-4H3,(H,21,22)(H,23,24);;/q;2*+1/p-2. The zero-order valence-electron chi connectivity index (χ0n) is 18.1. The largest absolute Gasteiger partial charge is 1.00 e. The summed E-state index contributed by atoms with van der Waals surface area (Å²) in [5.41, 5.74) is -1.29. The van der Waals surface area contributed by atoms with Crippen LogP contribution >= 0.6 is 0 Å². The van der Waals surface area contributed by atoms with E-state index in [1.165, 1.54) is 0 Å². The van der Waals surface area contributed by atoms with E-state index in [4.69, 9.17) is 0 Å². The van der Waals surface area contributed by atoms with Crippen molar-refractivity contribution in [2.24, 2.45) is 17.3 Å². The molecule has 0 aromatic carbocycles. The molecule has 0 aromatic rings. The van der Waals surface area contributed by atoms with E-state index in [0.717, 1.165) is 51.4 Å². The minimum atomic E-state index is -1.29. The Balaban J connectivity index is -0.00000264. The Labute approximate surface area is 204 Å². The fourth-order valence-corrected chi connectivity index (χ4v) is 3.73. The molecule has 142 valence electrons. The Morgan fingerprint density at radius 2 is 1.19 bits per heavy atom. The monoisotopic (exact) mass is 386 g/mol. The van der Waals surface area contributed by atoms with Gasteiger partial charge in [-0.1, -0.05) is 79.1 Å². The Morgan fingerprint density at radius 3 is 1.42 bits per heavy atom. The molecule has 0 N–H and O–H groups in total. The maximum absolute atomic E-state index is 12.0. The molecular formula is C20H36Na2O4. The topological polar surface area (TPSA) is 80.3 Å². The van der Waals surface area contributed by atoms with Crippen LogP contribution in [0.3, 0.4) is 0 Å². The maximum Gasteiger partial charge on any atom is 1.00 e. The molecule has 0 radical (unpaired) electrons. The Morgan fingerprint density at radius 1 is 0.808 bits per heavy atom. The van der Waals surface area contributed by atoms with Crippen LogP contribution in [0.5, 0.6) is 0 Å². The zero-order chi connectivity index (χ0) is 18.6. The molecule has 0 rings (SSSR count). The third-order valence-corrected chi connectivity index (χ3v) is 5.36. The van der Waals surface area contributed by atoms with Crippen LogP contribution in [0.4, 0.5) is 0 Å². The van der Waals surface area contributed by atoms with Gasteiger partial charge in [-0.25, -0.2) is 0 Å². The summed E-state index contributed by atoms with van der Waals surface area (Å²) in [4.78, 5) is 23.3. The minimum Gasteiger partial charge on any atom is -0.550 e. The molecule has 0 heterocycles. The fraction of sp³-hybridized carbons (Fsp3) is 0.900. The average molecular weight is 386 g/mol. The fourth-order valence-electron chi connectivity index (χ4n) is 3.73. The second-order valence-electron chi connectivity index (χ2n) is 7.36. The van der Waals surface area contributed by atoms with Gasteiger partial charge in [-0.15, -0.1) is 0 Å². The molecule has 2 unspecified atom stereocenters. The number of unbranched alkanes of at least 4 members (excludes halogenated alkanes) is 2. The van der Waals surface area contributed by atoms with Gasteiger partial charge in [0.05, 0.1) is 0 Å². The molecule has 0 aromatic heterocycles. The number of hydrogen-bond acceptors (Lipinski definition) is 4. The van der Waals surface area contributed by atoms with Crippen molar-refractivity contribution in [3.63, 3.8) is 0 Å². The first-order valence-electron chi connectivity index (χ1n) is 9.76. The number of rotatable bonds is 15. The van der Waals surface area contributed by atoms with Gasteiger partial charge in [-0.2, -0.15) is 0 Å². The van der Waals surface area contributed by atoms with E-state index in [-0.39, 0.29) is 71.0 Å². The smallest absolute Gasteiger partial charge is 0.550 e. The molecule has 0 bridgehead atoms. The Kier molecular flexibility index (Phi) is 21.9. The first-order valence-corrected chi connectivity index (χ1v) is 9.76. The molecule has 6 heteroatoms. The van der Waals surface area contributed by atoms with E-state index in [2.05, 4.69) is 13.8 Å². The van der Waals surface area contributed by atoms with E-state index >= 15 is 0 Å². The third kappa shape index (κ3) is 12.4. The molecule has 0 aliphatic rings. The summed E-state index contributed by atoms with van der Waals surface area (Å²) in [6.07, 6.45) is 8.18. The molecule has 0 aliphatic heterocycles. The van der Waals surface area contributed by atoms with E-state index in [9.17, 15) is 19.8 Å². The van der Waals surface area contributed by atoms with Gasteiger partial charge in [0.25, 0.3) is 0 Å². The quantitative estimate of drug-likeness (QED) is 0.283. The SMILES string of the molecule is CCCCC(CC)CC(CC(=O)[O-])(CC(CC)CCCC)C(=O)[O-].[Na+].[Na+]. The Bertz CT molecular complexity index is 357. The molecule has 26 heavy (non-hydrogen) atoms. The van der Waals surface area contributed by atoms with Crippen LogP contribution in [-0.2, 0) is 9.59 Å². The molecular weight excluding hydrogens is 350 g/mol. The number of aliphatic carboxylic acids is 2. The van der Waals surface area contributed by atoms with Gasteiger partial charge in [0.15, 0.2) is 0 Å². The van der Waals surface area contributed by atoms with Crippen LogP contribution in [0.15, 0.2) is 0 Å². The van der Waals surface area contributed by atoms with Crippen LogP contribution in [0.25, 0.3) is 0 Å². The van der Waals surface area contributed by atoms with Crippen LogP contribution in [0.1, 0.15) is 98.3 Å². The van der Waals surface area contributed by atoms with Crippen molar-refractivity contribution in [2.45, 2.75) is 98.3 Å². The van der Waals surface area contributed by atoms with E-state index < -0.39 is 23.8 Å². The zero-order valence-corrected chi connectivity index (χ0v) is 22.1. The first-order chi connectivity index (χ1) is 11.3. The summed E-state index contributed by atoms with van der Waals surface area (Å²) in [6, 6.07) is 0. The summed E-state index contributed by atoms with van der Waals surface area (Å²) in [5.74, 6) is -2.04. The third-order valence-electron chi connectivity index (χ3n) is 5.36. The molecule has 2 atom stereocenters. The number of carbonyl (C=O) groups is 2. The molecule has 0 aliphatic carbocycles. The predicted octanol–water partition coefficient (Wildman–Crippen LogP) is -2.92. The molecule has 4 nitrogen and oxygen atoms in total. The predicted molar refractivity (Wildman–Crippen MR) is 92.9 cm³/mol. The van der Waals surface area contributed by atoms with Gasteiger partial charge >= 0.3 is 59.1 Å². The summed E-state index contributed by atoms with van der Waals surface area (Å²) in [6.45, 7) is 8.32. The minimum absolute atomic E-state index is 0. The van der Waals surface area contributed by atoms with Gasteiger partial charge in [0, 0.05) is 17.4 Å². The van der Waals surface area contributed by atoms with Crippen molar-refractivity contribution in [1.29, 1.82) is 0 Å². The normalized spacial score (nSPS) is 15.1. The van der Waals surface area contributed by atoms with Crippen molar-refractivity contribution in [1.82, 2.24) is 0 Å². The average Bonchev–Trinajstić information content (AvgIpc) is 2.54. The summed E-state index contributed by atoms with van der Waals surface area (Å²) in [7, 11) is 0. The van der Waals surface area contributed by atoms with Crippen molar-refractivity contribution in [3.05, 3.63) is 0 Å². The summed E-state index contributed by atoms with van der Waals surface area (Å²) < 4.78 is 0. The number of carboxylic acids is 2. The van der Waals surface area contributed by atoms with Gasteiger partial charge in [0.1, 0.15) is 0 Å². The van der Waals surface area contributed by atoms with E-state index in [0.29, 0.717) is 12.8 Å². The number of hydrogen-bond donors (Lipinski definition) is 0. The number of carboxylic acid groups (broad SMARTS) is 2. The van der Waals surface area contributed by atoms with Crippen molar-refractivity contribution in [3.8, 4) is 0 Å². The van der Waals surface area contributed by atoms with E-state index in [1.807, 2.05) is 13.8 Å².